The predicted octanol–water partition coefficient (Wildman–Crippen LogP) is 3.94. The van der Waals surface area contributed by atoms with E-state index in [0.717, 1.165) is 11.7 Å². The fourth-order valence-corrected chi connectivity index (χ4v) is 2.84. The van der Waals surface area contributed by atoms with Crippen LogP contribution in [0.25, 0.3) is 0 Å². The van der Waals surface area contributed by atoms with Crippen molar-refractivity contribution >= 4 is 35.0 Å². The lowest BCUT2D eigenvalue weighted by Crippen LogP contribution is -2.15. The lowest BCUT2D eigenvalue weighted by atomic mass is 10.1. The van der Waals surface area contributed by atoms with E-state index in [1.165, 1.54) is 34.6 Å². The van der Waals surface area contributed by atoms with E-state index in [2.05, 4.69) is 43.2 Å². The molecule has 94 valence electrons. The van der Waals surface area contributed by atoms with Crippen LogP contribution in [0.5, 0.6) is 0 Å². The number of nitrogens with zero attached hydrogens (tertiary/aromatic N) is 1. The molecule has 0 atom stereocenters. The van der Waals surface area contributed by atoms with E-state index in [1.807, 2.05) is 11.8 Å². The summed E-state index contributed by atoms with van der Waals surface area (Å²) in [6.45, 7) is 7.39. The highest BCUT2D eigenvalue weighted by atomic mass is 35.5. The first kappa shape index (κ1) is 14.4. The number of thioether (sulfide) groups is 1. The van der Waals surface area contributed by atoms with Gasteiger partial charge in [-0.2, -0.15) is 0 Å². The van der Waals surface area contributed by atoms with Gasteiger partial charge < -0.3 is 5.32 Å². The molecule has 0 aromatic heterocycles. The third kappa shape index (κ3) is 3.65. The third-order valence-electron chi connectivity index (χ3n) is 2.71. The molecular formula is C13H19ClN2S. The molecule has 2 nitrogen and oxygen atoms in total. The van der Waals surface area contributed by atoms with E-state index >= 15 is 0 Å². The van der Waals surface area contributed by atoms with Gasteiger partial charge in [-0.3, -0.25) is 4.99 Å². The zero-order valence-electron chi connectivity index (χ0n) is 10.5. The van der Waals surface area contributed by atoms with Crippen molar-refractivity contribution in [1.29, 1.82) is 0 Å². The minimum Gasteiger partial charge on any atom is -0.335 e. The van der Waals surface area contributed by atoms with Crippen molar-refractivity contribution in [2.75, 3.05) is 17.6 Å². The third-order valence-corrected chi connectivity index (χ3v) is 3.70. The molecule has 0 unspecified atom stereocenters. The summed E-state index contributed by atoms with van der Waals surface area (Å²) >= 11 is 1.82. The summed E-state index contributed by atoms with van der Waals surface area (Å²) in [6.07, 6.45) is 1.20. The highest BCUT2D eigenvalue weighted by Gasteiger charge is 2.09. The van der Waals surface area contributed by atoms with Gasteiger partial charge in [0.25, 0.3) is 0 Å². The van der Waals surface area contributed by atoms with Gasteiger partial charge in [-0.25, -0.2) is 0 Å². The first-order valence-corrected chi connectivity index (χ1v) is 6.67. The van der Waals surface area contributed by atoms with Crippen molar-refractivity contribution in [3.63, 3.8) is 0 Å². The second kappa shape index (κ2) is 6.31. The smallest absolute Gasteiger partial charge is 0.161 e. The van der Waals surface area contributed by atoms with Crippen LogP contribution in [0.1, 0.15) is 23.1 Å². The molecule has 1 heterocycles. The molecule has 2 rings (SSSR count). The number of hydrogen-bond acceptors (Lipinski definition) is 3. The molecule has 0 saturated heterocycles. The van der Waals surface area contributed by atoms with Crippen LogP contribution in [0.2, 0.25) is 0 Å². The minimum atomic E-state index is 0. The average Bonchev–Trinajstić information content (AvgIpc) is 2.25. The Bertz CT molecular complexity index is 406. The van der Waals surface area contributed by atoms with E-state index in [0.29, 0.717) is 0 Å². The number of amidine groups is 1. The van der Waals surface area contributed by atoms with Crippen molar-refractivity contribution < 1.29 is 0 Å². The lowest BCUT2D eigenvalue weighted by molar-refractivity contribution is 0.938. The van der Waals surface area contributed by atoms with Gasteiger partial charge in [-0.1, -0.05) is 29.5 Å². The summed E-state index contributed by atoms with van der Waals surface area (Å²) in [6, 6.07) is 4.42. The number of aliphatic imine (C=N–C) groups is 1. The quantitative estimate of drug-likeness (QED) is 0.836. The Morgan fingerprint density at radius 1 is 1.18 bits per heavy atom. The first-order valence-electron chi connectivity index (χ1n) is 5.69. The molecular weight excluding hydrogens is 252 g/mol. The predicted molar refractivity (Wildman–Crippen MR) is 80.9 cm³/mol. The molecule has 0 radical (unpaired) electrons. The first-order chi connectivity index (χ1) is 7.66. The molecule has 1 aliphatic rings. The van der Waals surface area contributed by atoms with Crippen LogP contribution < -0.4 is 5.32 Å². The van der Waals surface area contributed by atoms with Crippen LogP contribution in [0, 0.1) is 20.8 Å². The van der Waals surface area contributed by atoms with Crippen LogP contribution in [-0.4, -0.2) is 17.5 Å². The van der Waals surface area contributed by atoms with Gasteiger partial charge in [0.2, 0.25) is 0 Å². The molecule has 0 bridgehead atoms. The van der Waals surface area contributed by atoms with Gasteiger partial charge in [0.15, 0.2) is 5.17 Å². The lowest BCUT2D eigenvalue weighted by Gasteiger charge is -2.17. The molecule has 0 saturated carbocycles. The minimum absolute atomic E-state index is 0. The molecule has 1 N–H and O–H groups in total. The van der Waals surface area contributed by atoms with Crippen molar-refractivity contribution in [2.45, 2.75) is 27.2 Å². The molecule has 1 aromatic carbocycles. The van der Waals surface area contributed by atoms with E-state index in [1.54, 1.807) is 0 Å². The van der Waals surface area contributed by atoms with Gasteiger partial charge >= 0.3 is 0 Å². The fraction of sp³-hybridized carbons (Fsp3) is 0.462. The maximum absolute atomic E-state index is 4.50. The van der Waals surface area contributed by atoms with Crippen LogP contribution >= 0.6 is 24.2 Å². The Hall–Kier alpha value is -0.670. The van der Waals surface area contributed by atoms with Gasteiger partial charge in [0, 0.05) is 18.0 Å². The molecule has 0 amide bonds. The fourth-order valence-electron chi connectivity index (χ4n) is 2.02. The Labute approximate surface area is 114 Å². The molecule has 0 fully saturated rings. The monoisotopic (exact) mass is 270 g/mol. The average molecular weight is 271 g/mol. The number of halogens is 1. The van der Waals surface area contributed by atoms with Crippen molar-refractivity contribution in [1.82, 2.24) is 0 Å². The summed E-state index contributed by atoms with van der Waals surface area (Å²) in [5.41, 5.74) is 5.13. The van der Waals surface area contributed by atoms with Gasteiger partial charge in [0.1, 0.15) is 0 Å². The van der Waals surface area contributed by atoms with Crippen LogP contribution in [0.3, 0.4) is 0 Å². The van der Waals surface area contributed by atoms with E-state index in [9.17, 15) is 0 Å². The number of aryl methyl sites for hydroxylation is 3. The zero-order chi connectivity index (χ0) is 11.5. The van der Waals surface area contributed by atoms with Crippen LogP contribution in [-0.2, 0) is 0 Å². The Morgan fingerprint density at radius 2 is 1.82 bits per heavy atom. The number of rotatable bonds is 1. The van der Waals surface area contributed by atoms with E-state index in [4.69, 9.17) is 0 Å². The van der Waals surface area contributed by atoms with E-state index in [-0.39, 0.29) is 12.4 Å². The normalized spacial score (nSPS) is 14.9. The Morgan fingerprint density at radius 3 is 2.35 bits per heavy atom. The molecule has 4 heteroatoms. The Balaban J connectivity index is 0.00000144. The van der Waals surface area contributed by atoms with Gasteiger partial charge in [0.05, 0.1) is 0 Å². The van der Waals surface area contributed by atoms with Crippen molar-refractivity contribution in [3.05, 3.63) is 28.8 Å². The van der Waals surface area contributed by atoms with Crippen LogP contribution in [0.15, 0.2) is 17.1 Å². The van der Waals surface area contributed by atoms with Crippen LogP contribution in [0.4, 0.5) is 5.69 Å². The number of benzene rings is 1. The maximum Gasteiger partial charge on any atom is 0.161 e. The molecule has 17 heavy (non-hydrogen) atoms. The summed E-state index contributed by atoms with van der Waals surface area (Å²) < 4.78 is 0. The second-order valence-corrected chi connectivity index (χ2v) is 5.37. The highest BCUT2D eigenvalue weighted by Crippen LogP contribution is 2.24. The number of anilines is 1. The van der Waals surface area contributed by atoms with Crippen molar-refractivity contribution in [2.24, 2.45) is 4.99 Å². The molecule has 1 aromatic rings. The topological polar surface area (TPSA) is 24.4 Å². The summed E-state index contributed by atoms with van der Waals surface area (Å²) in [5.74, 6) is 1.18. The maximum atomic E-state index is 4.50. The van der Waals surface area contributed by atoms with Crippen molar-refractivity contribution in [3.8, 4) is 0 Å². The number of nitrogens with one attached hydrogen (secondary N) is 1. The van der Waals surface area contributed by atoms with Gasteiger partial charge in [-0.15, -0.1) is 12.4 Å². The molecule has 0 aliphatic carbocycles. The second-order valence-electron chi connectivity index (χ2n) is 4.29. The SMILES string of the molecule is Cc1cc(C)c(NC2=NCCCS2)c(C)c1.Cl. The highest BCUT2D eigenvalue weighted by molar-refractivity contribution is 8.14. The molecule has 1 aliphatic heterocycles. The van der Waals surface area contributed by atoms with E-state index < -0.39 is 0 Å². The summed E-state index contributed by atoms with van der Waals surface area (Å²) in [5, 5.41) is 4.53. The Kier molecular flexibility index (Phi) is 5.34. The standard InChI is InChI=1S/C13H18N2S.ClH/c1-9-7-10(2)12(11(3)8-9)15-13-14-5-4-6-16-13;/h7-8H,4-6H2,1-3H3,(H,14,15);1H. The number of hydrogen-bond donors (Lipinski definition) is 1. The summed E-state index contributed by atoms with van der Waals surface area (Å²) in [7, 11) is 0. The molecule has 0 spiro atoms. The largest absolute Gasteiger partial charge is 0.335 e. The zero-order valence-corrected chi connectivity index (χ0v) is 12.2. The van der Waals surface area contributed by atoms with Gasteiger partial charge in [-0.05, 0) is 38.3 Å². The summed E-state index contributed by atoms with van der Waals surface area (Å²) in [4.78, 5) is 4.50.